The first-order valence-corrected chi connectivity index (χ1v) is 5.24. The molecule has 0 unspecified atom stereocenters. The van der Waals surface area contributed by atoms with E-state index in [-0.39, 0.29) is 0 Å². The lowest BCUT2D eigenvalue weighted by molar-refractivity contribution is 0.789. The number of unbranched alkanes of at least 4 members (excludes halogenated alkanes) is 1. The molecule has 0 bridgehead atoms. The summed E-state index contributed by atoms with van der Waals surface area (Å²) in [6.07, 6.45) is 3.78. The summed E-state index contributed by atoms with van der Waals surface area (Å²) >= 11 is 0. The van der Waals surface area contributed by atoms with Gasteiger partial charge in [0.05, 0.1) is 0 Å². The molecule has 0 saturated heterocycles. The zero-order valence-electron chi connectivity index (χ0n) is 8.93. The number of benzene rings is 1. The zero-order chi connectivity index (χ0) is 9.68. The van der Waals surface area contributed by atoms with Crippen LogP contribution in [-0.2, 0) is 6.42 Å². The molecule has 0 heteroatoms. The minimum Gasteiger partial charge on any atom is -0.0654 e. The molecule has 71 valence electrons. The first kappa shape index (κ1) is 10.3. The molecule has 1 aromatic carbocycles. The standard InChI is InChI=1S/C13H19/c1-4-5-7-12-8-6-9-13(10-12)11(2)3/h6,8,10-11H,4-5,7H2,1-3H3. The smallest absolute Gasteiger partial charge is 0.0146 e. The van der Waals surface area contributed by atoms with Gasteiger partial charge in [0.2, 0.25) is 0 Å². The summed E-state index contributed by atoms with van der Waals surface area (Å²) in [7, 11) is 0. The van der Waals surface area contributed by atoms with Crippen molar-refractivity contribution < 1.29 is 0 Å². The Morgan fingerprint density at radius 3 is 2.77 bits per heavy atom. The predicted octanol–water partition coefficient (Wildman–Crippen LogP) is 3.95. The molecule has 0 aromatic heterocycles. The maximum atomic E-state index is 3.28. The molecule has 0 nitrogen and oxygen atoms in total. The van der Waals surface area contributed by atoms with Crippen LogP contribution in [0.2, 0.25) is 0 Å². The third-order valence-electron chi connectivity index (χ3n) is 2.33. The van der Waals surface area contributed by atoms with Gasteiger partial charge in [-0.05, 0) is 36.0 Å². The maximum absolute atomic E-state index is 3.28. The molecule has 0 N–H and O–H groups in total. The Kier molecular flexibility index (Phi) is 4.01. The van der Waals surface area contributed by atoms with Gasteiger partial charge in [0, 0.05) is 0 Å². The van der Waals surface area contributed by atoms with Gasteiger partial charge in [-0.3, -0.25) is 0 Å². The summed E-state index contributed by atoms with van der Waals surface area (Å²) in [5, 5.41) is 0. The van der Waals surface area contributed by atoms with Gasteiger partial charge in [-0.15, -0.1) is 0 Å². The van der Waals surface area contributed by atoms with Crippen molar-refractivity contribution in [1.29, 1.82) is 0 Å². The van der Waals surface area contributed by atoms with Crippen LogP contribution < -0.4 is 0 Å². The van der Waals surface area contributed by atoms with Gasteiger partial charge in [0.1, 0.15) is 0 Å². The van der Waals surface area contributed by atoms with Crippen LogP contribution in [0.3, 0.4) is 0 Å². The number of hydrogen-bond acceptors (Lipinski definition) is 0. The third kappa shape index (κ3) is 3.22. The largest absolute Gasteiger partial charge is 0.0654 e. The summed E-state index contributed by atoms with van der Waals surface area (Å²) in [5.41, 5.74) is 2.80. The summed E-state index contributed by atoms with van der Waals surface area (Å²) in [6, 6.07) is 9.81. The highest BCUT2D eigenvalue weighted by molar-refractivity contribution is 5.24. The monoisotopic (exact) mass is 175 g/mol. The van der Waals surface area contributed by atoms with Crippen LogP contribution in [0.5, 0.6) is 0 Å². The summed E-state index contributed by atoms with van der Waals surface area (Å²) in [5.74, 6) is 0.599. The van der Waals surface area contributed by atoms with Crippen molar-refractivity contribution in [3.63, 3.8) is 0 Å². The van der Waals surface area contributed by atoms with Crippen LogP contribution in [0.1, 0.15) is 50.7 Å². The lowest BCUT2D eigenvalue weighted by Crippen LogP contribution is -1.91. The van der Waals surface area contributed by atoms with E-state index in [9.17, 15) is 0 Å². The summed E-state index contributed by atoms with van der Waals surface area (Å²) in [4.78, 5) is 0. The Balaban J connectivity index is 2.68. The summed E-state index contributed by atoms with van der Waals surface area (Å²) in [6.45, 7) is 6.67. The van der Waals surface area contributed by atoms with Crippen molar-refractivity contribution in [2.75, 3.05) is 0 Å². The highest BCUT2D eigenvalue weighted by Gasteiger charge is 1.99. The molecule has 0 atom stereocenters. The number of rotatable bonds is 4. The van der Waals surface area contributed by atoms with E-state index in [1.54, 1.807) is 0 Å². The molecule has 13 heavy (non-hydrogen) atoms. The second-order valence-corrected chi connectivity index (χ2v) is 3.91. The molecule has 1 rings (SSSR count). The van der Waals surface area contributed by atoms with E-state index >= 15 is 0 Å². The molecule has 0 saturated carbocycles. The minimum atomic E-state index is 0.599. The van der Waals surface area contributed by atoms with Crippen molar-refractivity contribution in [1.82, 2.24) is 0 Å². The Morgan fingerprint density at radius 1 is 1.38 bits per heavy atom. The lowest BCUT2D eigenvalue weighted by Gasteiger charge is -2.06. The third-order valence-corrected chi connectivity index (χ3v) is 2.33. The fourth-order valence-corrected chi connectivity index (χ4v) is 1.40. The van der Waals surface area contributed by atoms with Gasteiger partial charge in [0.15, 0.2) is 0 Å². The second-order valence-electron chi connectivity index (χ2n) is 3.91. The fourth-order valence-electron chi connectivity index (χ4n) is 1.40. The molecule has 0 heterocycles. The highest BCUT2D eigenvalue weighted by Crippen LogP contribution is 2.16. The van der Waals surface area contributed by atoms with Crippen molar-refractivity contribution in [3.05, 3.63) is 35.4 Å². The topological polar surface area (TPSA) is 0 Å². The Bertz CT molecular complexity index is 248. The van der Waals surface area contributed by atoms with Crippen molar-refractivity contribution in [3.8, 4) is 0 Å². The molecule has 0 aliphatic rings. The number of aryl methyl sites for hydroxylation is 1. The van der Waals surface area contributed by atoms with E-state index in [4.69, 9.17) is 0 Å². The quantitative estimate of drug-likeness (QED) is 0.650. The van der Waals surface area contributed by atoms with E-state index in [1.165, 1.54) is 30.4 Å². The van der Waals surface area contributed by atoms with Crippen LogP contribution in [0.25, 0.3) is 0 Å². The number of hydrogen-bond donors (Lipinski definition) is 0. The lowest BCUT2D eigenvalue weighted by atomic mass is 9.99. The van der Waals surface area contributed by atoms with Crippen LogP contribution in [-0.4, -0.2) is 0 Å². The van der Waals surface area contributed by atoms with Crippen LogP contribution in [0.4, 0.5) is 0 Å². The molecule has 0 aliphatic carbocycles. The van der Waals surface area contributed by atoms with E-state index in [1.807, 2.05) is 0 Å². The van der Waals surface area contributed by atoms with E-state index in [0.717, 1.165) is 0 Å². The Labute approximate surface area is 82.0 Å². The highest BCUT2D eigenvalue weighted by atomic mass is 14.0. The average Bonchev–Trinajstić information content (AvgIpc) is 2.15. The van der Waals surface area contributed by atoms with Gasteiger partial charge in [-0.2, -0.15) is 0 Å². The molecular formula is C13H19. The minimum absolute atomic E-state index is 0.599. The molecule has 1 aromatic rings. The van der Waals surface area contributed by atoms with Crippen molar-refractivity contribution in [2.45, 2.75) is 46.0 Å². The Hall–Kier alpha value is -0.780. The van der Waals surface area contributed by atoms with Crippen molar-refractivity contribution in [2.24, 2.45) is 0 Å². The molecule has 0 fully saturated rings. The Morgan fingerprint density at radius 2 is 2.15 bits per heavy atom. The fraction of sp³-hybridized carbons (Fsp3) is 0.538. The van der Waals surface area contributed by atoms with Gasteiger partial charge in [-0.25, -0.2) is 0 Å². The molecule has 0 amide bonds. The van der Waals surface area contributed by atoms with Crippen molar-refractivity contribution >= 4 is 0 Å². The molecule has 0 spiro atoms. The predicted molar refractivity (Wildman–Crippen MR) is 58.0 cm³/mol. The average molecular weight is 175 g/mol. The SMILES string of the molecule is CCCCc1cc[c]c(C(C)C)c1. The molecule has 0 aliphatic heterocycles. The van der Waals surface area contributed by atoms with Gasteiger partial charge < -0.3 is 0 Å². The van der Waals surface area contributed by atoms with E-state index in [0.29, 0.717) is 5.92 Å². The van der Waals surface area contributed by atoms with Crippen LogP contribution >= 0.6 is 0 Å². The summed E-state index contributed by atoms with van der Waals surface area (Å²) < 4.78 is 0. The van der Waals surface area contributed by atoms with E-state index in [2.05, 4.69) is 45.0 Å². The van der Waals surface area contributed by atoms with Crippen LogP contribution in [0.15, 0.2) is 18.2 Å². The van der Waals surface area contributed by atoms with Gasteiger partial charge >= 0.3 is 0 Å². The second kappa shape index (κ2) is 5.06. The first-order valence-electron chi connectivity index (χ1n) is 5.24. The normalized spacial score (nSPS) is 10.8. The van der Waals surface area contributed by atoms with Crippen LogP contribution in [0, 0.1) is 6.07 Å². The maximum Gasteiger partial charge on any atom is -0.0146 e. The first-order chi connectivity index (χ1) is 6.24. The molecule has 1 radical (unpaired) electrons. The zero-order valence-corrected chi connectivity index (χ0v) is 8.93. The van der Waals surface area contributed by atoms with Gasteiger partial charge in [-0.1, -0.05) is 45.4 Å². The van der Waals surface area contributed by atoms with Gasteiger partial charge in [0.25, 0.3) is 0 Å². The molecular weight excluding hydrogens is 156 g/mol. The van der Waals surface area contributed by atoms with E-state index < -0.39 is 0 Å².